The summed E-state index contributed by atoms with van der Waals surface area (Å²) in [6.45, 7) is 2.25. The quantitative estimate of drug-likeness (QED) is 0.839. The maximum absolute atomic E-state index is 11.7. The average molecular weight is 218 g/mol. The van der Waals surface area contributed by atoms with Crippen molar-refractivity contribution < 1.29 is 4.21 Å². The van der Waals surface area contributed by atoms with Crippen molar-refractivity contribution in [3.05, 3.63) is 29.3 Å². The van der Waals surface area contributed by atoms with Crippen molar-refractivity contribution in [3.63, 3.8) is 0 Å². The largest absolute Gasteiger partial charge is 0.329 e. The molecular formula is C9H12ClNOS. The SMILES string of the molecule is CC(CN)S(=O)c1ccccc1Cl. The van der Waals surface area contributed by atoms with Gasteiger partial charge in [0.15, 0.2) is 0 Å². The Balaban J connectivity index is 2.95. The van der Waals surface area contributed by atoms with Gasteiger partial charge in [-0.05, 0) is 19.1 Å². The summed E-state index contributed by atoms with van der Waals surface area (Å²) in [6, 6.07) is 7.14. The molecule has 0 saturated heterocycles. The van der Waals surface area contributed by atoms with E-state index in [-0.39, 0.29) is 5.25 Å². The van der Waals surface area contributed by atoms with Crippen LogP contribution in [0.4, 0.5) is 0 Å². The van der Waals surface area contributed by atoms with Crippen LogP contribution in [0.3, 0.4) is 0 Å². The zero-order valence-electron chi connectivity index (χ0n) is 7.37. The van der Waals surface area contributed by atoms with Crippen LogP contribution in [0.1, 0.15) is 6.92 Å². The maximum atomic E-state index is 11.7. The summed E-state index contributed by atoms with van der Waals surface area (Å²) in [4.78, 5) is 0.669. The van der Waals surface area contributed by atoms with Crippen molar-refractivity contribution in [1.82, 2.24) is 0 Å². The number of hydrogen-bond acceptors (Lipinski definition) is 2. The van der Waals surface area contributed by atoms with Gasteiger partial charge < -0.3 is 5.73 Å². The molecule has 0 heterocycles. The van der Waals surface area contributed by atoms with Crippen LogP contribution in [0.5, 0.6) is 0 Å². The highest BCUT2D eigenvalue weighted by Gasteiger charge is 2.13. The van der Waals surface area contributed by atoms with Crippen LogP contribution in [0.25, 0.3) is 0 Å². The van der Waals surface area contributed by atoms with Crippen molar-refractivity contribution in [3.8, 4) is 0 Å². The minimum absolute atomic E-state index is 0.0556. The van der Waals surface area contributed by atoms with Gasteiger partial charge in [-0.25, -0.2) is 0 Å². The second-order valence-electron chi connectivity index (χ2n) is 2.77. The van der Waals surface area contributed by atoms with Crippen LogP contribution < -0.4 is 5.73 Å². The molecule has 2 atom stereocenters. The third-order valence-corrected chi connectivity index (χ3v) is 3.91. The van der Waals surface area contributed by atoms with E-state index in [2.05, 4.69) is 0 Å². The summed E-state index contributed by atoms with van der Waals surface area (Å²) in [7, 11) is -1.10. The molecule has 0 aromatic heterocycles. The van der Waals surface area contributed by atoms with Crippen LogP contribution in [0.15, 0.2) is 29.2 Å². The topological polar surface area (TPSA) is 43.1 Å². The zero-order chi connectivity index (χ0) is 9.84. The van der Waals surface area contributed by atoms with Crippen molar-refractivity contribution in [2.75, 3.05) is 6.54 Å². The van der Waals surface area contributed by atoms with Crippen molar-refractivity contribution in [1.29, 1.82) is 0 Å². The lowest BCUT2D eigenvalue weighted by molar-refractivity contribution is 0.673. The minimum Gasteiger partial charge on any atom is -0.329 e. The molecule has 2 unspecified atom stereocenters. The molecule has 0 aliphatic heterocycles. The maximum Gasteiger partial charge on any atom is 0.0586 e. The van der Waals surface area contributed by atoms with Crippen LogP contribution in [-0.2, 0) is 10.8 Å². The van der Waals surface area contributed by atoms with Gasteiger partial charge in [0.25, 0.3) is 0 Å². The molecule has 2 nitrogen and oxygen atoms in total. The lowest BCUT2D eigenvalue weighted by Gasteiger charge is -2.09. The number of nitrogens with two attached hydrogens (primary N) is 1. The Kier molecular flexibility index (Phi) is 3.90. The lowest BCUT2D eigenvalue weighted by atomic mass is 10.4. The number of hydrogen-bond donors (Lipinski definition) is 1. The average Bonchev–Trinajstić information content (AvgIpc) is 2.16. The third kappa shape index (κ3) is 2.53. The van der Waals surface area contributed by atoms with Gasteiger partial charge in [-0.3, -0.25) is 4.21 Å². The van der Waals surface area contributed by atoms with Gasteiger partial charge in [-0.2, -0.15) is 0 Å². The smallest absolute Gasteiger partial charge is 0.0586 e. The van der Waals surface area contributed by atoms with Gasteiger partial charge in [0.05, 0.1) is 20.7 Å². The van der Waals surface area contributed by atoms with E-state index in [1.807, 2.05) is 19.1 Å². The highest BCUT2D eigenvalue weighted by atomic mass is 35.5. The standard InChI is InChI=1S/C9H12ClNOS/c1-7(6-11)13(12)9-5-3-2-4-8(9)10/h2-5,7H,6,11H2,1H3. The molecule has 13 heavy (non-hydrogen) atoms. The van der Waals surface area contributed by atoms with Crippen LogP contribution in [-0.4, -0.2) is 16.0 Å². The fourth-order valence-electron chi connectivity index (χ4n) is 0.912. The first-order valence-electron chi connectivity index (χ1n) is 4.02. The lowest BCUT2D eigenvalue weighted by Crippen LogP contribution is -2.21. The molecule has 4 heteroatoms. The number of halogens is 1. The predicted molar refractivity (Wildman–Crippen MR) is 56.4 cm³/mol. The molecule has 72 valence electrons. The summed E-state index contributed by atoms with van der Waals surface area (Å²) in [5, 5.41) is 0.487. The van der Waals surface area contributed by atoms with Crippen molar-refractivity contribution in [2.45, 2.75) is 17.1 Å². The van der Waals surface area contributed by atoms with Gasteiger partial charge >= 0.3 is 0 Å². The van der Waals surface area contributed by atoms with Gasteiger partial charge in [0.1, 0.15) is 0 Å². The molecule has 1 aromatic carbocycles. The Hall–Kier alpha value is -0.380. The number of rotatable bonds is 3. The van der Waals surface area contributed by atoms with E-state index >= 15 is 0 Å². The van der Waals surface area contributed by atoms with Gasteiger partial charge in [-0.15, -0.1) is 0 Å². The number of benzene rings is 1. The minimum atomic E-state index is -1.10. The van der Waals surface area contributed by atoms with E-state index in [0.29, 0.717) is 16.5 Å². The first-order chi connectivity index (χ1) is 6.16. The molecular weight excluding hydrogens is 206 g/mol. The molecule has 0 bridgehead atoms. The highest BCUT2D eigenvalue weighted by Crippen LogP contribution is 2.20. The first kappa shape index (κ1) is 10.7. The van der Waals surface area contributed by atoms with E-state index in [1.165, 1.54) is 0 Å². The van der Waals surface area contributed by atoms with Gasteiger partial charge in [0, 0.05) is 11.8 Å². The summed E-state index contributed by atoms with van der Waals surface area (Å²) in [5.74, 6) is 0. The Morgan fingerprint density at radius 1 is 1.54 bits per heavy atom. The fraction of sp³-hybridized carbons (Fsp3) is 0.333. The summed E-state index contributed by atoms with van der Waals surface area (Å²) >= 11 is 5.89. The molecule has 1 aromatic rings. The molecule has 0 spiro atoms. The second-order valence-corrected chi connectivity index (χ2v) is 5.02. The van der Waals surface area contributed by atoms with Crippen LogP contribution in [0.2, 0.25) is 5.02 Å². The fourth-order valence-corrected chi connectivity index (χ4v) is 2.36. The molecule has 0 radical (unpaired) electrons. The van der Waals surface area contributed by atoms with E-state index < -0.39 is 10.8 Å². The third-order valence-electron chi connectivity index (χ3n) is 1.75. The highest BCUT2D eigenvalue weighted by molar-refractivity contribution is 7.85. The van der Waals surface area contributed by atoms with E-state index in [1.54, 1.807) is 12.1 Å². The Morgan fingerprint density at radius 3 is 2.69 bits per heavy atom. The summed E-state index contributed by atoms with van der Waals surface area (Å²) in [5.41, 5.74) is 5.42. The Morgan fingerprint density at radius 2 is 2.15 bits per heavy atom. The summed E-state index contributed by atoms with van der Waals surface area (Å²) in [6.07, 6.45) is 0. The zero-order valence-corrected chi connectivity index (χ0v) is 8.94. The van der Waals surface area contributed by atoms with Gasteiger partial charge in [-0.1, -0.05) is 23.7 Å². The molecule has 0 fully saturated rings. The molecule has 0 saturated carbocycles. The first-order valence-corrected chi connectivity index (χ1v) is 5.61. The molecule has 0 aliphatic carbocycles. The molecule has 2 N–H and O–H groups in total. The molecule has 0 aliphatic rings. The molecule has 1 rings (SSSR count). The Bertz CT molecular complexity index is 316. The Labute approximate surface area is 85.5 Å². The monoisotopic (exact) mass is 217 g/mol. The second kappa shape index (κ2) is 4.74. The van der Waals surface area contributed by atoms with Crippen LogP contribution in [0, 0.1) is 0 Å². The van der Waals surface area contributed by atoms with Crippen LogP contribution >= 0.6 is 11.6 Å². The normalized spacial score (nSPS) is 15.3. The van der Waals surface area contributed by atoms with Gasteiger partial charge in [0.2, 0.25) is 0 Å². The summed E-state index contributed by atoms with van der Waals surface area (Å²) < 4.78 is 11.7. The molecule has 0 amide bonds. The van der Waals surface area contributed by atoms with E-state index in [4.69, 9.17) is 17.3 Å². The van der Waals surface area contributed by atoms with E-state index in [0.717, 1.165) is 0 Å². The predicted octanol–water partition coefficient (Wildman–Crippen LogP) is 1.79. The van der Waals surface area contributed by atoms with Crippen molar-refractivity contribution >= 4 is 22.4 Å². The van der Waals surface area contributed by atoms with Crippen molar-refractivity contribution in [2.24, 2.45) is 5.73 Å². The van der Waals surface area contributed by atoms with E-state index in [9.17, 15) is 4.21 Å².